The van der Waals surface area contributed by atoms with Crippen molar-refractivity contribution in [2.45, 2.75) is 44.9 Å². The molecule has 0 saturated heterocycles. The lowest BCUT2D eigenvalue weighted by molar-refractivity contribution is -0.118. The van der Waals surface area contributed by atoms with Crippen LogP contribution in [0.25, 0.3) is 0 Å². The number of carbonyl (C=O) groups is 1. The van der Waals surface area contributed by atoms with E-state index >= 15 is 0 Å². The van der Waals surface area contributed by atoms with Crippen LogP contribution < -0.4 is 11.1 Å². The molecule has 0 radical (unpaired) electrons. The van der Waals surface area contributed by atoms with Crippen LogP contribution in [-0.2, 0) is 4.79 Å². The van der Waals surface area contributed by atoms with E-state index in [9.17, 15) is 9.90 Å². The zero-order chi connectivity index (χ0) is 11.9. The van der Waals surface area contributed by atoms with Crippen LogP contribution >= 0.6 is 0 Å². The number of hydrogen-bond donors (Lipinski definition) is 3. The zero-order valence-electron chi connectivity index (χ0n) is 10.0. The Labute approximate surface area is 97.6 Å². The summed E-state index contributed by atoms with van der Waals surface area (Å²) in [6.45, 7) is 1.95. The van der Waals surface area contributed by atoms with Crippen LogP contribution in [0.2, 0.25) is 0 Å². The van der Waals surface area contributed by atoms with Gasteiger partial charge < -0.3 is 16.2 Å². The second-order valence-electron chi connectivity index (χ2n) is 4.97. The maximum Gasteiger partial charge on any atom is 0.217 e. The smallest absolute Gasteiger partial charge is 0.217 e. The molecule has 4 N–H and O–H groups in total. The van der Waals surface area contributed by atoms with Crippen molar-refractivity contribution in [2.75, 3.05) is 19.7 Å². The zero-order valence-corrected chi connectivity index (χ0v) is 10.0. The van der Waals surface area contributed by atoms with Crippen LogP contribution in [-0.4, -0.2) is 30.7 Å². The van der Waals surface area contributed by atoms with Gasteiger partial charge in [0.2, 0.25) is 5.91 Å². The van der Waals surface area contributed by atoms with Crippen molar-refractivity contribution in [3.63, 3.8) is 0 Å². The highest BCUT2D eigenvalue weighted by atomic mass is 16.3. The Kier molecular flexibility index (Phi) is 5.77. The molecule has 0 heterocycles. The number of amides is 1. The first kappa shape index (κ1) is 13.5. The Morgan fingerprint density at radius 2 is 2.00 bits per heavy atom. The number of primary amides is 1. The van der Waals surface area contributed by atoms with Crippen LogP contribution in [0.3, 0.4) is 0 Å². The number of aliphatic hydroxyl groups excluding tert-OH is 1. The van der Waals surface area contributed by atoms with Gasteiger partial charge in [-0.05, 0) is 25.8 Å². The second-order valence-corrected chi connectivity index (χ2v) is 4.97. The maximum absolute atomic E-state index is 10.5. The van der Waals surface area contributed by atoms with Crippen molar-refractivity contribution in [2.24, 2.45) is 11.1 Å². The van der Waals surface area contributed by atoms with Gasteiger partial charge >= 0.3 is 0 Å². The van der Waals surface area contributed by atoms with E-state index in [1.807, 2.05) is 0 Å². The van der Waals surface area contributed by atoms with Crippen molar-refractivity contribution in [1.82, 2.24) is 5.32 Å². The van der Waals surface area contributed by atoms with Crippen LogP contribution in [0.5, 0.6) is 0 Å². The van der Waals surface area contributed by atoms with Gasteiger partial charge in [-0.1, -0.05) is 19.3 Å². The molecule has 1 rings (SSSR count). The Morgan fingerprint density at radius 1 is 1.31 bits per heavy atom. The third-order valence-electron chi connectivity index (χ3n) is 3.53. The van der Waals surface area contributed by atoms with Gasteiger partial charge in [0.25, 0.3) is 0 Å². The van der Waals surface area contributed by atoms with Gasteiger partial charge in [0.15, 0.2) is 0 Å². The lowest BCUT2D eigenvalue weighted by Crippen LogP contribution is -2.39. The summed E-state index contributed by atoms with van der Waals surface area (Å²) < 4.78 is 0. The highest BCUT2D eigenvalue weighted by Crippen LogP contribution is 2.35. The third-order valence-corrected chi connectivity index (χ3v) is 3.53. The van der Waals surface area contributed by atoms with Crippen LogP contribution in [0, 0.1) is 5.41 Å². The normalized spacial score (nSPS) is 19.6. The van der Waals surface area contributed by atoms with Gasteiger partial charge in [0.1, 0.15) is 0 Å². The molecular weight excluding hydrogens is 204 g/mol. The van der Waals surface area contributed by atoms with Gasteiger partial charge in [-0.3, -0.25) is 4.79 Å². The first-order valence-corrected chi connectivity index (χ1v) is 6.28. The molecule has 4 heteroatoms. The molecule has 0 aromatic rings. The molecule has 4 nitrogen and oxygen atoms in total. The topological polar surface area (TPSA) is 75.4 Å². The van der Waals surface area contributed by atoms with E-state index in [4.69, 9.17) is 5.73 Å². The van der Waals surface area contributed by atoms with Crippen LogP contribution in [0.1, 0.15) is 44.9 Å². The van der Waals surface area contributed by atoms with E-state index in [0.717, 1.165) is 32.4 Å². The number of carbonyl (C=O) groups excluding carboxylic acids is 1. The Bertz CT molecular complexity index is 213. The highest BCUT2D eigenvalue weighted by molar-refractivity contribution is 5.73. The van der Waals surface area contributed by atoms with E-state index in [2.05, 4.69) is 5.32 Å². The molecule has 0 bridgehead atoms. The van der Waals surface area contributed by atoms with Crippen molar-refractivity contribution < 1.29 is 9.90 Å². The molecule has 1 saturated carbocycles. The Morgan fingerprint density at radius 3 is 2.56 bits per heavy atom. The monoisotopic (exact) mass is 228 g/mol. The minimum Gasteiger partial charge on any atom is -0.396 e. The summed E-state index contributed by atoms with van der Waals surface area (Å²) in [5.74, 6) is -0.240. The SMILES string of the molecule is NC(=O)CCCNCC1(CO)CCCCC1. The molecule has 0 aromatic carbocycles. The van der Waals surface area contributed by atoms with E-state index in [1.54, 1.807) is 0 Å². The van der Waals surface area contributed by atoms with Gasteiger partial charge in [-0.2, -0.15) is 0 Å². The maximum atomic E-state index is 10.5. The highest BCUT2D eigenvalue weighted by Gasteiger charge is 2.30. The number of aliphatic hydroxyl groups is 1. The average molecular weight is 228 g/mol. The molecule has 0 spiro atoms. The molecule has 0 aliphatic heterocycles. The van der Waals surface area contributed by atoms with Gasteiger partial charge in [-0.25, -0.2) is 0 Å². The van der Waals surface area contributed by atoms with Crippen molar-refractivity contribution in [3.8, 4) is 0 Å². The quantitative estimate of drug-likeness (QED) is 0.564. The molecular formula is C12H24N2O2. The number of nitrogens with one attached hydrogen (secondary N) is 1. The molecule has 1 amide bonds. The Balaban J connectivity index is 2.15. The molecule has 1 fully saturated rings. The van der Waals surface area contributed by atoms with Gasteiger partial charge in [-0.15, -0.1) is 0 Å². The average Bonchev–Trinajstić information content (AvgIpc) is 2.29. The van der Waals surface area contributed by atoms with Crippen LogP contribution in [0.15, 0.2) is 0 Å². The molecule has 16 heavy (non-hydrogen) atoms. The standard InChI is InChI=1S/C12H24N2O2/c13-11(16)5-4-8-14-9-12(10-15)6-2-1-3-7-12/h14-15H,1-10H2,(H2,13,16). The van der Waals surface area contributed by atoms with Gasteiger partial charge in [0.05, 0.1) is 0 Å². The summed E-state index contributed by atoms with van der Waals surface area (Å²) in [5, 5.41) is 12.8. The summed E-state index contributed by atoms with van der Waals surface area (Å²) in [5.41, 5.74) is 5.15. The summed E-state index contributed by atoms with van der Waals surface area (Å²) in [6.07, 6.45) is 7.21. The fourth-order valence-electron chi connectivity index (χ4n) is 2.43. The van der Waals surface area contributed by atoms with E-state index in [-0.39, 0.29) is 17.9 Å². The number of rotatable bonds is 7. The molecule has 0 atom stereocenters. The fourth-order valence-corrected chi connectivity index (χ4v) is 2.43. The fraction of sp³-hybridized carbons (Fsp3) is 0.917. The van der Waals surface area contributed by atoms with Gasteiger partial charge in [0, 0.05) is 25.0 Å². The molecule has 1 aliphatic carbocycles. The summed E-state index contributed by atoms with van der Waals surface area (Å²) in [4.78, 5) is 10.5. The summed E-state index contributed by atoms with van der Waals surface area (Å²) >= 11 is 0. The van der Waals surface area contributed by atoms with Crippen LogP contribution in [0.4, 0.5) is 0 Å². The molecule has 94 valence electrons. The van der Waals surface area contributed by atoms with E-state index < -0.39 is 0 Å². The second kappa shape index (κ2) is 6.86. The number of hydrogen-bond acceptors (Lipinski definition) is 3. The third kappa shape index (κ3) is 4.49. The predicted octanol–water partition coefficient (Wildman–Crippen LogP) is 0.784. The molecule has 0 unspecified atom stereocenters. The van der Waals surface area contributed by atoms with Crippen molar-refractivity contribution in [1.29, 1.82) is 0 Å². The minimum atomic E-state index is -0.240. The lowest BCUT2D eigenvalue weighted by Gasteiger charge is -2.35. The van der Waals surface area contributed by atoms with E-state index in [1.165, 1.54) is 19.3 Å². The largest absolute Gasteiger partial charge is 0.396 e. The van der Waals surface area contributed by atoms with Crippen molar-refractivity contribution in [3.05, 3.63) is 0 Å². The Hall–Kier alpha value is -0.610. The first-order chi connectivity index (χ1) is 7.68. The summed E-state index contributed by atoms with van der Waals surface area (Å²) in [7, 11) is 0. The van der Waals surface area contributed by atoms with E-state index in [0.29, 0.717) is 6.42 Å². The van der Waals surface area contributed by atoms with Crippen molar-refractivity contribution >= 4 is 5.91 Å². The number of nitrogens with two attached hydrogens (primary N) is 1. The first-order valence-electron chi connectivity index (χ1n) is 6.28. The predicted molar refractivity (Wildman–Crippen MR) is 63.9 cm³/mol. The minimum absolute atomic E-state index is 0.0883. The molecule has 1 aliphatic rings. The molecule has 0 aromatic heterocycles. The summed E-state index contributed by atoms with van der Waals surface area (Å²) in [6, 6.07) is 0. The lowest BCUT2D eigenvalue weighted by atomic mass is 9.74.